The van der Waals surface area contributed by atoms with E-state index < -0.39 is 11.2 Å². The van der Waals surface area contributed by atoms with Gasteiger partial charge in [0.25, 0.3) is 5.56 Å². The van der Waals surface area contributed by atoms with Gasteiger partial charge >= 0.3 is 5.69 Å². The maximum absolute atomic E-state index is 12.0. The lowest BCUT2D eigenvalue weighted by Crippen LogP contribution is -2.29. The second-order valence-corrected chi connectivity index (χ2v) is 3.94. The highest BCUT2D eigenvalue weighted by Gasteiger charge is 2.15. The molecule has 0 fully saturated rings. The summed E-state index contributed by atoms with van der Waals surface area (Å²) in [7, 11) is 1.53. The van der Waals surface area contributed by atoms with Gasteiger partial charge in [0, 0.05) is 7.05 Å². The number of H-pyrrole nitrogens is 1. The number of rotatable bonds is 1. The molecule has 2 heterocycles. The zero-order valence-electron chi connectivity index (χ0n) is 11.1. The van der Waals surface area contributed by atoms with E-state index in [9.17, 15) is 9.59 Å². The molecule has 2 aromatic heterocycles. The van der Waals surface area contributed by atoms with E-state index in [2.05, 4.69) is 33.6 Å². The number of aromatic nitrogens is 4. The van der Waals surface area contributed by atoms with Crippen molar-refractivity contribution < 1.29 is 0 Å². The summed E-state index contributed by atoms with van der Waals surface area (Å²) < 4.78 is 2.84. The van der Waals surface area contributed by atoms with E-state index in [1.807, 2.05) is 0 Å². The number of nitrogens with zero attached hydrogens (tertiary/aromatic N) is 3. The molecule has 0 aliphatic heterocycles. The Labute approximate surface area is 114 Å². The number of nitrogens with two attached hydrogens (primary N) is 1. The Morgan fingerprint density at radius 1 is 1.35 bits per heavy atom. The van der Waals surface area contributed by atoms with Crippen LogP contribution in [0.1, 0.15) is 12.7 Å². The van der Waals surface area contributed by atoms with Gasteiger partial charge in [0.15, 0.2) is 17.0 Å². The van der Waals surface area contributed by atoms with Gasteiger partial charge < -0.3 is 5.73 Å². The van der Waals surface area contributed by atoms with Crippen molar-refractivity contribution in [2.75, 3.05) is 6.54 Å². The molecule has 7 heteroatoms. The van der Waals surface area contributed by atoms with Crippen LogP contribution < -0.4 is 17.0 Å². The van der Waals surface area contributed by atoms with E-state index in [1.54, 1.807) is 11.5 Å². The van der Waals surface area contributed by atoms with Crippen LogP contribution in [0.4, 0.5) is 0 Å². The molecule has 20 heavy (non-hydrogen) atoms. The SMILES string of the molecule is CC#CCn1c(C#CCN)nc2c1c(=O)[nH]c(=O)n2C. The van der Waals surface area contributed by atoms with Gasteiger partial charge in [0.05, 0.1) is 13.1 Å². The molecule has 3 N–H and O–H groups in total. The normalized spacial score (nSPS) is 9.75. The largest absolute Gasteiger partial charge is 0.329 e. The molecule has 0 aromatic carbocycles. The van der Waals surface area contributed by atoms with E-state index in [-0.39, 0.29) is 24.3 Å². The average molecular weight is 271 g/mol. The highest BCUT2D eigenvalue weighted by molar-refractivity contribution is 5.72. The summed E-state index contributed by atoms with van der Waals surface area (Å²) >= 11 is 0. The lowest BCUT2D eigenvalue weighted by atomic mass is 10.4. The lowest BCUT2D eigenvalue weighted by Gasteiger charge is -2.00. The first-order valence-electron chi connectivity index (χ1n) is 5.88. The van der Waals surface area contributed by atoms with E-state index in [4.69, 9.17) is 5.73 Å². The third-order valence-electron chi connectivity index (χ3n) is 2.72. The average Bonchev–Trinajstić information content (AvgIpc) is 2.79. The lowest BCUT2D eigenvalue weighted by molar-refractivity contribution is 0.821. The molecule has 102 valence electrons. The number of fused-ring (bicyclic) bond motifs is 1. The van der Waals surface area contributed by atoms with Crippen LogP contribution in [0.3, 0.4) is 0 Å². The van der Waals surface area contributed by atoms with Crippen molar-refractivity contribution in [1.29, 1.82) is 0 Å². The van der Waals surface area contributed by atoms with Crippen LogP contribution in [-0.2, 0) is 13.6 Å². The smallest absolute Gasteiger partial charge is 0.320 e. The molecule has 0 spiro atoms. The van der Waals surface area contributed by atoms with Crippen LogP contribution in [0, 0.1) is 23.7 Å². The first kappa shape index (κ1) is 13.7. The zero-order valence-corrected chi connectivity index (χ0v) is 11.1. The molecule has 0 bridgehead atoms. The van der Waals surface area contributed by atoms with Gasteiger partial charge in [-0.05, 0) is 12.8 Å². The zero-order chi connectivity index (χ0) is 14.7. The minimum Gasteiger partial charge on any atom is -0.320 e. The Morgan fingerprint density at radius 3 is 2.75 bits per heavy atom. The molecule has 2 aromatic rings. The Bertz CT molecular complexity index is 893. The highest BCUT2D eigenvalue weighted by atomic mass is 16.2. The summed E-state index contributed by atoms with van der Waals surface area (Å²) in [5.41, 5.74) is 4.87. The molecule has 0 atom stereocenters. The Morgan fingerprint density at radius 2 is 2.10 bits per heavy atom. The first-order chi connectivity index (χ1) is 9.60. The van der Waals surface area contributed by atoms with Gasteiger partial charge in [0.1, 0.15) is 0 Å². The van der Waals surface area contributed by atoms with Crippen LogP contribution in [-0.4, -0.2) is 25.6 Å². The maximum atomic E-state index is 12.0. The van der Waals surface area contributed by atoms with Crippen LogP contribution in [0.5, 0.6) is 0 Å². The van der Waals surface area contributed by atoms with Crippen molar-refractivity contribution in [3.8, 4) is 23.7 Å². The first-order valence-corrected chi connectivity index (χ1v) is 5.88. The summed E-state index contributed by atoms with van der Waals surface area (Å²) in [5.74, 6) is 11.4. The number of hydrogen-bond donors (Lipinski definition) is 2. The van der Waals surface area contributed by atoms with Gasteiger partial charge in [-0.15, -0.1) is 5.92 Å². The molecule has 0 radical (unpaired) electrons. The third-order valence-corrected chi connectivity index (χ3v) is 2.72. The van der Waals surface area contributed by atoms with Gasteiger partial charge in [-0.25, -0.2) is 9.78 Å². The number of hydrogen-bond acceptors (Lipinski definition) is 4. The summed E-state index contributed by atoms with van der Waals surface area (Å²) in [6.45, 7) is 2.14. The maximum Gasteiger partial charge on any atom is 0.329 e. The van der Waals surface area contributed by atoms with Crippen LogP contribution in [0.25, 0.3) is 11.2 Å². The van der Waals surface area contributed by atoms with E-state index in [0.717, 1.165) is 0 Å². The van der Waals surface area contributed by atoms with Crippen LogP contribution >= 0.6 is 0 Å². The monoisotopic (exact) mass is 271 g/mol. The Hall–Kier alpha value is -2.77. The Kier molecular flexibility index (Phi) is 3.74. The number of aryl methyl sites for hydroxylation is 1. The van der Waals surface area contributed by atoms with Crippen molar-refractivity contribution >= 4 is 11.2 Å². The van der Waals surface area contributed by atoms with Gasteiger partial charge in [-0.2, -0.15) is 0 Å². The number of imidazole rings is 1. The topological polar surface area (TPSA) is 98.7 Å². The fourth-order valence-corrected chi connectivity index (χ4v) is 1.77. The molecule has 0 unspecified atom stereocenters. The van der Waals surface area contributed by atoms with Gasteiger partial charge in [0.2, 0.25) is 0 Å². The molecule has 7 nitrogen and oxygen atoms in total. The highest BCUT2D eigenvalue weighted by Crippen LogP contribution is 2.09. The standard InChI is InChI=1S/C13H13N5O2/c1-3-4-8-18-9(6-5-7-14)15-11-10(18)12(19)16-13(20)17(11)2/h7-8,14H2,1-2H3,(H,16,19,20). The van der Waals surface area contributed by atoms with Crippen molar-refractivity contribution in [2.45, 2.75) is 13.5 Å². The quantitative estimate of drug-likeness (QED) is 0.633. The predicted octanol–water partition coefficient (Wildman–Crippen LogP) is -1.24. The summed E-state index contributed by atoms with van der Waals surface area (Å²) in [5, 5.41) is 0. The second kappa shape index (κ2) is 5.47. The molecule has 0 saturated heterocycles. The summed E-state index contributed by atoms with van der Waals surface area (Å²) in [6, 6.07) is 0. The molecular formula is C13H13N5O2. The molecule has 0 saturated carbocycles. The minimum absolute atomic E-state index is 0.179. The van der Waals surface area contributed by atoms with Gasteiger partial charge in [-0.1, -0.05) is 11.8 Å². The van der Waals surface area contributed by atoms with Crippen LogP contribution in [0.15, 0.2) is 9.59 Å². The number of aromatic amines is 1. The van der Waals surface area contributed by atoms with Crippen molar-refractivity contribution in [2.24, 2.45) is 12.8 Å². The third kappa shape index (κ3) is 2.22. The van der Waals surface area contributed by atoms with E-state index in [1.165, 1.54) is 11.6 Å². The fraction of sp³-hybridized carbons (Fsp3) is 0.308. The molecule has 0 amide bonds. The molecular weight excluding hydrogens is 258 g/mol. The van der Waals surface area contributed by atoms with Crippen molar-refractivity contribution in [1.82, 2.24) is 19.1 Å². The second-order valence-electron chi connectivity index (χ2n) is 3.94. The number of nitrogens with one attached hydrogen (secondary N) is 1. The van der Waals surface area contributed by atoms with Crippen molar-refractivity contribution in [3.05, 3.63) is 26.7 Å². The van der Waals surface area contributed by atoms with Crippen LogP contribution in [0.2, 0.25) is 0 Å². The van der Waals surface area contributed by atoms with Crippen molar-refractivity contribution in [3.63, 3.8) is 0 Å². The predicted molar refractivity (Wildman–Crippen MR) is 75.0 cm³/mol. The van der Waals surface area contributed by atoms with E-state index in [0.29, 0.717) is 5.82 Å². The van der Waals surface area contributed by atoms with Gasteiger partial charge in [-0.3, -0.25) is 18.9 Å². The molecule has 2 rings (SSSR count). The summed E-state index contributed by atoms with van der Waals surface area (Å²) in [4.78, 5) is 30.0. The molecule has 0 aliphatic carbocycles. The Balaban J connectivity index is 2.88. The van der Waals surface area contributed by atoms with E-state index >= 15 is 0 Å². The minimum atomic E-state index is -0.521. The fourth-order valence-electron chi connectivity index (χ4n) is 1.77. The molecule has 0 aliphatic rings. The summed E-state index contributed by atoms with van der Waals surface area (Å²) in [6.07, 6.45) is 0.